The molecule has 0 saturated carbocycles. The summed E-state index contributed by atoms with van der Waals surface area (Å²) in [6, 6.07) is 24.5. The van der Waals surface area contributed by atoms with Crippen molar-refractivity contribution in [1.82, 2.24) is 0 Å². The molecular formula is C20H20O3SSi. The van der Waals surface area contributed by atoms with Crippen molar-refractivity contribution in [2.45, 2.75) is 11.8 Å². The van der Waals surface area contributed by atoms with Gasteiger partial charge in [0.2, 0.25) is 0 Å². The molecule has 0 spiro atoms. The molecule has 0 heterocycles. The van der Waals surface area contributed by atoms with Gasteiger partial charge in [-0.3, -0.25) is 0 Å². The van der Waals surface area contributed by atoms with E-state index in [9.17, 15) is 4.80 Å². The number of thiol groups is 1. The van der Waals surface area contributed by atoms with Crippen molar-refractivity contribution in [1.29, 1.82) is 0 Å². The van der Waals surface area contributed by atoms with Gasteiger partial charge < -0.3 is 14.0 Å². The van der Waals surface area contributed by atoms with Crippen molar-refractivity contribution in [3.8, 4) is 11.5 Å². The number of hydrogen-bond acceptors (Lipinski definition) is 4. The Labute approximate surface area is 154 Å². The lowest BCUT2D eigenvalue weighted by Gasteiger charge is -2.25. The van der Waals surface area contributed by atoms with E-state index in [4.69, 9.17) is 9.16 Å². The molecule has 1 N–H and O–H groups in total. The highest BCUT2D eigenvalue weighted by atomic mass is 32.1. The Morgan fingerprint density at radius 1 is 0.800 bits per heavy atom. The molecule has 0 bridgehead atoms. The van der Waals surface area contributed by atoms with Crippen LogP contribution in [0.4, 0.5) is 0 Å². The SMILES string of the molecule is CCO[Si](O)(c1ccccc1)c1ccc(Oc2ccc(S)cc2)cc1. The summed E-state index contributed by atoms with van der Waals surface area (Å²) in [5.74, 6) is 1.45. The van der Waals surface area contributed by atoms with Crippen LogP contribution in [0, 0.1) is 0 Å². The van der Waals surface area contributed by atoms with Crippen LogP contribution in [0.2, 0.25) is 0 Å². The van der Waals surface area contributed by atoms with Gasteiger partial charge in [-0.05, 0) is 53.7 Å². The Balaban J connectivity index is 1.85. The molecule has 0 aliphatic carbocycles. The molecule has 0 aromatic heterocycles. The first-order valence-electron chi connectivity index (χ1n) is 8.11. The van der Waals surface area contributed by atoms with Crippen LogP contribution >= 0.6 is 12.6 Å². The van der Waals surface area contributed by atoms with Crippen LogP contribution in [0.25, 0.3) is 0 Å². The zero-order chi connectivity index (χ0) is 17.7. The molecule has 3 rings (SSSR count). The van der Waals surface area contributed by atoms with Crippen LogP contribution in [0.1, 0.15) is 6.92 Å². The molecule has 0 amide bonds. The van der Waals surface area contributed by atoms with Gasteiger partial charge in [-0.15, -0.1) is 12.6 Å². The molecule has 3 nitrogen and oxygen atoms in total. The predicted octanol–water partition coefficient (Wildman–Crippen LogP) is 3.35. The summed E-state index contributed by atoms with van der Waals surface area (Å²) in [6.07, 6.45) is 0. The van der Waals surface area contributed by atoms with Gasteiger partial charge in [0, 0.05) is 11.5 Å². The van der Waals surface area contributed by atoms with E-state index in [1.54, 1.807) is 0 Å². The maximum Gasteiger partial charge on any atom is 0.404 e. The normalized spacial score (nSPS) is 13.2. The van der Waals surface area contributed by atoms with Crippen molar-refractivity contribution >= 4 is 31.6 Å². The van der Waals surface area contributed by atoms with E-state index in [-0.39, 0.29) is 0 Å². The molecule has 1 atom stereocenters. The van der Waals surface area contributed by atoms with Crippen LogP contribution in [0.3, 0.4) is 0 Å². The number of benzene rings is 3. The number of ether oxygens (including phenoxy) is 1. The van der Waals surface area contributed by atoms with Crippen LogP contribution in [0.15, 0.2) is 83.8 Å². The maximum atomic E-state index is 11.2. The fourth-order valence-electron chi connectivity index (χ4n) is 2.61. The summed E-state index contributed by atoms with van der Waals surface area (Å²) in [5, 5.41) is 1.62. The third-order valence-corrected chi connectivity index (χ3v) is 7.07. The van der Waals surface area contributed by atoms with Gasteiger partial charge in [-0.1, -0.05) is 42.5 Å². The lowest BCUT2D eigenvalue weighted by atomic mass is 10.3. The Bertz CT molecular complexity index is 807. The van der Waals surface area contributed by atoms with Gasteiger partial charge in [-0.2, -0.15) is 0 Å². The van der Waals surface area contributed by atoms with E-state index < -0.39 is 8.56 Å². The Morgan fingerprint density at radius 2 is 1.32 bits per heavy atom. The third-order valence-electron chi connectivity index (χ3n) is 3.84. The number of hydrogen-bond donors (Lipinski definition) is 2. The second-order valence-electron chi connectivity index (χ2n) is 5.56. The highest BCUT2D eigenvalue weighted by Crippen LogP contribution is 2.22. The van der Waals surface area contributed by atoms with Crippen LogP contribution in [0.5, 0.6) is 11.5 Å². The average molecular weight is 369 g/mol. The molecule has 128 valence electrons. The van der Waals surface area contributed by atoms with E-state index in [0.29, 0.717) is 12.4 Å². The molecular weight excluding hydrogens is 348 g/mol. The van der Waals surface area contributed by atoms with Crippen LogP contribution in [-0.2, 0) is 4.43 Å². The standard InChI is InChI=1S/C20H20O3SSi/c1-2-22-25(21,19-6-4-3-5-7-19)20-14-10-17(11-15-20)23-16-8-12-18(24)13-9-16/h3-15,21,24H,2H2,1H3. The Morgan fingerprint density at radius 3 is 1.88 bits per heavy atom. The fourth-order valence-corrected chi connectivity index (χ4v) is 5.10. The number of rotatable bonds is 6. The smallest absolute Gasteiger partial charge is 0.404 e. The van der Waals surface area contributed by atoms with E-state index >= 15 is 0 Å². The maximum absolute atomic E-state index is 11.2. The molecule has 0 saturated heterocycles. The molecule has 25 heavy (non-hydrogen) atoms. The monoisotopic (exact) mass is 368 g/mol. The highest BCUT2D eigenvalue weighted by molar-refractivity contribution is 7.80. The minimum absolute atomic E-state index is 0.450. The Kier molecular flexibility index (Phi) is 5.60. The topological polar surface area (TPSA) is 38.7 Å². The van der Waals surface area contributed by atoms with Crippen molar-refractivity contribution in [2.75, 3.05) is 6.61 Å². The van der Waals surface area contributed by atoms with Crippen LogP contribution < -0.4 is 15.1 Å². The minimum atomic E-state index is -3.19. The minimum Gasteiger partial charge on any atom is -0.457 e. The first kappa shape index (κ1) is 17.8. The van der Waals surface area contributed by atoms with E-state index in [2.05, 4.69) is 12.6 Å². The molecule has 3 aromatic rings. The summed E-state index contributed by atoms with van der Waals surface area (Å²) < 4.78 is 11.6. The molecule has 1 unspecified atom stereocenters. The van der Waals surface area contributed by atoms with Gasteiger partial charge in [0.25, 0.3) is 0 Å². The van der Waals surface area contributed by atoms with E-state index in [0.717, 1.165) is 21.0 Å². The van der Waals surface area contributed by atoms with E-state index in [1.165, 1.54) is 0 Å². The molecule has 0 aliphatic rings. The molecule has 0 fully saturated rings. The predicted molar refractivity (Wildman–Crippen MR) is 106 cm³/mol. The zero-order valence-corrected chi connectivity index (χ0v) is 15.8. The molecule has 0 aliphatic heterocycles. The second kappa shape index (κ2) is 7.88. The first-order chi connectivity index (χ1) is 12.1. The summed E-state index contributed by atoms with van der Waals surface area (Å²) in [4.78, 5) is 12.1. The molecule has 5 heteroatoms. The summed E-state index contributed by atoms with van der Waals surface area (Å²) in [5.41, 5.74) is 0. The Hall–Kier alpha value is -2.05. The van der Waals surface area contributed by atoms with Crippen molar-refractivity contribution in [3.63, 3.8) is 0 Å². The van der Waals surface area contributed by atoms with Gasteiger partial charge in [-0.25, -0.2) is 0 Å². The van der Waals surface area contributed by atoms with Gasteiger partial charge in [0.15, 0.2) is 0 Å². The van der Waals surface area contributed by atoms with Gasteiger partial charge in [0.05, 0.1) is 0 Å². The van der Waals surface area contributed by atoms with E-state index in [1.807, 2.05) is 85.8 Å². The van der Waals surface area contributed by atoms with Crippen molar-refractivity contribution < 1.29 is 14.0 Å². The summed E-state index contributed by atoms with van der Waals surface area (Å²) in [7, 11) is -3.19. The molecule has 0 radical (unpaired) electrons. The average Bonchev–Trinajstić information content (AvgIpc) is 2.65. The summed E-state index contributed by atoms with van der Waals surface area (Å²) >= 11 is 4.26. The second-order valence-corrected chi connectivity index (χ2v) is 8.81. The zero-order valence-electron chi connectivity index (χ0n) is 13.9. The fraction of sp³-hybridized carbons (Fsp3) is 0.100. The molecule has 3 aromatic carbocycles. The van der Waals surface area contributed by atoms with Gasteiger partial charge in [0.1, 0.15) is 11.5 Å². The van der Waals surface area contributed by atoms with Gasteiger partial charge >= 0.3 is 8.56 Å². The van der Waals surface area contributed by atoms with Crippen molar-refractivity contribution in [2.24, 2.45) is 0 Å². The van der Waals surface area contributed by atoms with Crippen LogP contribution in [-0.4, -0.2) is 20.0 Å². The highest BCUT2D eigenvalue weighted by Gasteiger charge is 2.38. The van der Waals surface area contributed by atoms with Crippen molar-refractivity contribution in [3.05, 3.63) is 78.9 Å². The quantitative estimate of drug-likeness (QED) is 0.518. The summed E-state index contributed by atoms with van der Waals surface area (Å²) in [6.45, 7) is 2.34. The largest absolute Gasteiger partial charge is 0.457 e. The first-order valence-corrected chi connectivity index (χ1v) is 10.4. The lowest BCUT2D eigenvalue weighted by Crippen LogP contribution is -2.61. The third kappa shape index (κ3) is 4.14. The lowest BCUT2D eigenvalue weighted by molar-refractivity contribution is 0.270.